The highest BCUT2D eigenvalue weighted by Gasteiger charge is 2.30. The fourth-order valence-electron chi connectivity index (χ4n) is 9.83. The molecule has 0 N–H and O–H groups in total. The van der Waals surface area contributed by atoms with Crippen molar-refractivity contribution in [2.75, 3.05) is 0 Å². The van der Waals surface area contributed by atoms with Gasteiger partial charge >= 0.3 is 0 Å². The SMILES string of the molecule is c1cc(-c2ccc3oc4ccccc4c3c2)cc(-n2c3ccccc3c3cc(-c4ccc5c(c4)-c4ccccc4C5c4ccc5oc6ccccc6c5c4)ccc32)c1. The first kappa shape index (κ1) is 31.6. The van der Waals surface area contributed by atoms with Crippen LogP contribution in [0.5, 0.6) is 0 Å². The van der Waals surface area contributed by atoms with Gasteiger partial charge in [0.2, 0.25) is 0 Å². The van der Waals surface area contributed by atoms with Crippen LogP contribution < -0.4 is 0 Å². The number of hydrogen-bond donors (Lipinski definition) is 0. The summed E-state index contributed by atoms with van der Waals surface area (Å²) in [6.45, 7) is 0. The summed E-state index contributed by atoms with van der Waals surface area (Å²) in [4.78, 5) is 0. The van der Waals surface area contributed by atoms with Crippen molar-refractivity contribution < 1.29 is 8.83 Å². The minimum Gasteiger partial charge on any atom is -0.456 e. The third-order valence-electron chi connectivity index (χ3n) is 12.5. The van der Waals surface area contributed by atoms with E-state index in [4.69, 9.17) is 8.83 Å². The maximum atomic E-state index is 6.20. The molecule has 0 saturated carbocycles. The first-order valence-corrected chi connectivity index (χ1v) is 19.9. The van der Waals surface area contributed by atoms with Crippen molar-refractivity contribution in [2.45, 2.75) is 5.92 Å². The number of rotatable bonds is 4. The number of hydrogen-bond acceptors (Lipinski definition) is 2. The lowest BCUT2D eigenvalue weighted by Gasteiger charge is -2.15. The van der Waals surface area contributed by atoms with Crippen LogP contribution in [-0.2, 0) is 0 Å². The van der Waals surface area contributed by atoms with Gasteiger partial charge in [-0.3, -0.25) is 0 Å². The molecule has 0 amide bonds. The molecule has 270 valence electrons. The molecule has 0 fully saturated rings. The quantitative estimate of drug-likeness (QED) is 0.180. The number of furan rings is 2. The van der Waals surface area contributed by atoms with Crippen molar-refractivity contribution in [2.24, 2.45) is 0 Å². The van der Waals surface area contributed by atoms with Crippen LogP contribution in [0.2, 0.25) is 0 Å². The summed E-state index contributed by atoms with van der Waals surface area (Å²) in [5.41, 5.74) is 18.5. The van der Waals surface area contributed by atoms with E-state index < -0.39 is 0 Å². The van der Waals surface area contributed by atoms with Crippen LogP contribution in [0.4, 0.5) is 0 Å². The van der Waals surface area contributed by atoms with Gasteiger partial charge in [0.15, 0.2) is 0 Å². The van der Waals surface area contributed by atoms with Crippen LogP contribution in [-0.4, -0.2) is 4.57 Å². The summed E-state index contributed by atoms with van der Waals surface area (Å²) < 4.78 is 14.7. The average Bonchev–Trinajstić information content (AvgIpc) is 4.03. The first-order chi connectivity index (χ1) is 28.7. The summed E-state index contributed by atoms with van der Waals surface area (Å²) in [7, 11) is 0. The second kappa shape index (κ2) is 11.9. The fraction of sp³-hybridized carbons (Fsp3) is 0.0182. The molecular weight excluding hydrogens is 707 g/mol. The predicted molar refractivity (Wildman–Crippen MR) is 239 cm³/mol. The van der Waals surface area contributed by atoms with Crippen molar-refractivity contribution in [3.8, 4) is 39.1 Å². The molecule has 0 saturated heterocycles. The first-order valence-electron chi connectivity index (χ1n) is 19.9. The van der Waals surface area contributed by atoms with Crippen LogP contribution in [0.25, 0.3) is 105 Å². The summed E-state index contributed by atoms with van der Waals surface area (Å²) >= 11 is 0. The molecule has 3 heteroatoms. The Hall–Kier alpha value is -7.62. The molecule has 3 aromatic heterocycles. The highest BCUT2D eigenvalue weighted by atomic mass is 16.3. The Kier molecular flexibility index (Phi) is 6.50. The van der Waals surface area contributed by atoms with E-state index in [1.807, 2.05) is 18.2 Å². The monoisotopic (exact) mass is 739 g/mol. The molecule has 0 spiro atoms. The molecule has 58 heavy (non-hydrogen) atoms. The van der Waals surface area contributed by atoms with Crippen molar-refractivity contribution >= 4 is 65.7 Å². The standard InChI is InChI=1S/C55H33NO2/c1-2-16-43-39(12-1)45-29-34(20-24-44(45)55(43)37-23-27-54-48(32-37)42-15-5-8-19-52(42)58-54)35-21-25-50-46(30-35)40-13-3-6-17-49(40)56(50)38-11-9-10-33(28-38)36-22-26-53-47(31-36)41-14-4-7-18-51(41)57-53/h1-32,55H. The zero-order valence-electron chi connectivity index (χ0n) is 31.3. The maximum absolute atomic E-state index is 6.20. The Labute approximate surface area is 333 Å². The second-order valence-electron chi connectivity index (χ2n) is 15.6. The molecular formula is C55H33NO2. The van der Waals surface area contributed by atoms with Gasteiger partial charge in [-0.1, -0.05) is 121 Å². The van der Waals surface area contributed by atoms with Crippen molar-refractivity contribution in [1.82, 2.24) is 4.57 Å². The highest BCUT2D eigenvalue weighted by Crippen LogP contribution is 2.50. The summed E-state index contributed by atoms with van der Waals surface area (Å²) in [6, 6.07) is 70.5. The number of aromatic nitrogens is 1. The van der Waals surface area contributed by atoms with Crippen LogP contribution in [0.3, 0.4) is 0 Å². The van der Waals surface area contributed by atoms with Crippen molar-refractivity contribution in [3.63, 3.8) is 0 Å². The van der Waals surface area contributed by atoms with Crippen LogP contribution >= 0.6 is 0 Å². The lowest BCUT2D eigenvalue weighted by molar-refractivity contribution is 0.668. The predicted octanol–water partition coefficient (Wildman–Crippen LogP) is 15.1. The van der Waals surface area contributed by atoms with Gasteiger partial charge in [0.25, 0.3) is 0 Å². The molecule has 0 bridgehead atoms. The van der Waals surface area contributed by atoms with E-state index in [1.165, 1.54) is 77.3 Å². The molecule has 13 rings (SSSR count). The molecule has 3 nitrogen and oxygen atoms in total. The normalized spacial score (nSPS) is 13.7. The zero-order chi connectivity index (χ0) is 37.9. The summed E-state index contributed by atoms with van der Waals surface area (Å²) in [5, 5.41) is 7.08. The Balaban J connectivity index is 0.917. The molecule has 1 atom stereocenters. The van der Waals surface area contributed by atoms with Gasteiger partial charge < -0.3 is 13.4 Å². The number of nitrogens with zero attached hydrogens (tertiary/aromatic N) is 1. The van der Waals surface area contributed by atoms with Gasteiger partial charge in [-0.05, 0) is 123 Å². The van der Waals surface area contributed by atoms with Gasteiger partial charge in [-0.2, -0.15) is 0 Å². The Morgan fingerprint density at radius 1 is 0.328 bits per heavy atom. The van der Waals surface area contributed by atoms with E-state index in [0.29, 0.717) is 0 Å². The molecule has 1 unspecified atom stereocenters. The highest BCUT2D eigenvalue weighted by molar-refractivity contribution is 6.11. The molecule has 0 radical (unpaired) electrons. The van der Waals surface area contributed by atoms with E-state index in [0.717, 1.165) is 44.2 Å². The topological polar surface area (TPSA) is 31.2 Å². The summed E-state index contributed by atoms with van der Waals surface area (Å²) in [6.07, 6.45) is 0. The molecule has 1 aliphatic rings. The Bertz CT molecular complexity index is 3650. The smallest absolute Gasteiger partial charge is 0.135 e. The van der Waals surface area contributed by atoms with Crippen LogP contribution in [0.15, 0.2) is 203 Å². The summed E-state index contributed by atoms with van der Waals surface area (Å²) in [5.74, 6) is 0.149. The van der Waals surface area contributed by atoms with Gasteiger partial charge in [0, 0.05) is 43.9 Å². The van der Waals surface area contributed by atoms with Gasteiger partial charge in [-0.25, -0.2) is 0 Å². The van der Waals surface area contributed by atoms with E-state index >= 15 is 0 Å². The molecule has 12 aromatic rings. The van der Waals surface area contributed by atoms with Gasteiger partial charge in [-0.15, -0.1) is 0 Å². The van der Waals surface area contributed by atoms with E-state index in [2.05, 4.69) is 180 Å². The second-order valence-corrected chi connectivity index (χ2v) is 15.6. The van der Waals surface area contributed by atoms with Crippen molar-refractivity contribution in [3.05, 3.63) is 211 Å². The van der Waals surface area contributed by atoms with Gasteiger partial charge in [0.1, 0.15) is 22.3 Å². The number of benzene rings is 9. The third kappa shape index (κ3) is 4.56. The van der Waals surface area contributed by atoms with Gasteiger partial charge in [0.05, 0.1) is 11.0 Å². The molecule has 9 aromatic carbocycles. The fourth-order valence-corrected chi connectivity index (χ4v) is 9.83. The van der Waals surface area contributed by atoms with Crippen molar-refractivity contribution in [1.29, 1.82) is 0 Å². The number of fused-ring (bicyclic) bond motifs is 12. The Morgan fingerprint density at radius 2 is 0.897 bits per heavy atom. The number of para-hydroxylation sites is 3. The van der Waals surface area contributed by atoms with E-state index in [9.17, 15) is 0 Å². The van der Waals surface area contributed by atoms with Crippen LogP contribution in [0.1, 0.15) is 22.6 Å². The minimum atomic E-state index is 0.149. The maximum Gasteiger partial charge on any atom is 0.135 e. The average molecular weight is 740 g/mol. The van der Waals surface area contributed by atoms with E-state index in [1.54, 1.807) is 0 Å². The largest absolute Gasteiger partial charge is 0.456 e. The van der Waals surface area contributed by atoms with E-state index in [-0.39, 0.29) is 5.92 Å². The molecule has 3 heterocycles. The molecule has 1 aliphatic carbocycles. The zero-order valence-corrected chi connectivity index (χ0v) is 31.3. The Morgan fingerprint density at radius 3 is 1.72 bits per heavy atom. The minimum absolute atomic E-state index is 0.149. The molecule has 0 aliphatic heterocycles. The lowest BCUT2D eigenvalue weighted by Crippen LogP contribution is -1.99. The van der Waals surface area contributed by atoms with Crippen LogP contribution in [0, 0.1) is 0 Å². The lowest BCUT2D eigenvalue weighted by atomic mass is 9.88. The third-order valence-corrected chi connectivity index (χ3v) is 12.5.